The molecule has 2 saturated carbocycles. The normalized spacial score (nSPS) is 30.1. The van der Waals surface area contributed by atoms with Crippen LogP contribution in [0, 0.1) is 23.7 Å². The van der Waals surface area contributed by atoms with Crippen molar-refractivity contribution >= 4 is 12.3 Å². The van der Waals surface area contributed by atoms with Crippen molar-refractivity contribution in [3.63, 3.8) is 0 Å². The van der Waals surface area contributed by atoms with Crippen LogP contribution in [0.5, 0.6) is 0 Å². The second-order valence-corrected chi connectivity index (χ2v) is 7.64. The minimum atomic E-state index is -0.0907. The van der Waals surface area contributed by atoms with Gasteiger partial charge in [0.1, 0.15) is 0 Å². The SMILES string of the molecule is C[C@H]1[C@@H](C(=O)N(C=O)Cc2ccccc2)[C@H]2C=C[C@@H]1C2=C1CCCC1. The smallest absolute Gasteiger partial charge is 0.233 e. The average Bonchev–Trinajstić information content (AvgIpc) is 3.34. The van der Waals surface area contributed by atoms with E-state index in [1.54, 1.807) is 5.57 Å². The Balaban J connectivity index is 1.58. The van der Waals surface area contributed by atoms with Crippen molar-refractivity contribution in [1.29, 1.82) is 0 Å². The van der Waals surface area contributed by atoms with Crippen molar-refractivity contribution in [2.45, 2.75) is 39.2 Å². The van der Waals surface area contributed by atoms with Crippen LogP contribution in [-0.4, -0.2) is 17.2 Å². The summed E-state index contributed by atoms with van der Waals surface area (Å²) in [6.45, 7) is 2.54. The van der Waals surface area contributed by atoms with Gasteiger partial charge in [-0.1, -0.05) is 60.6 Å². The van der Waals surface area contributed by atoms with Gasteiger partial charge in [0.05, 0.1) is 12.5 Å². The highest BCUT2D eigenvalue weighted by Crippen LogP contribution is 2.55. The van der Waals surface area contributed by atoms with Crippen LogP contribution in [0.3, 0.4) is 0 Å². The molecule has 1 aromatic carbocycles. The van der Waals surface area contributed by atoms with Gasteiger partial charge in [-0.15, -0.1) is 0 Å². The van der Waals surface area contributed by atoms with Crippen LogP contribution in [0.15, 0.2) is 53.6 Å². The summed E-state index contributed by atoms with van der Waals surface area (Å²) >= 11 is 0. The molecule has 4 rings (SSSR count). The van der Waals surface area contributed by atoms with Crippen molar-refractivity contribution < 1.29 is 9.59 Å². The van der Waals surface area contributed by atoms with Crippen molar-refractivity contribution in [1.82, 2.24) is 4.90 Å². The third-order valence-corrected chi connectivity index (χ3v) is 6.27. The van der Waals surface area contributed by atoms with Crippen LogP contribution in [0.25, 0.3) is 0 Å². The Morgan fingerprint density at radius 1 is 1.12 bits per heavy atom. The fraction of sp³-hybridized carbons (Fsp3) is 0.455. The number of imide groups is 1. The lowest BCUT2D eigenvalue weighted by molar-refractivity contribution is -0.143. The van der Waals surface area contributed by atoms with Gasteiger partial charge in [0, 0.05) is 11.8 Å². The number of rotatable bonds is 4. The Kier molecular flexibility index (Phi) is 4.32. The first-order chi connectivity index (χ1) is 12.2. The van der Waals surface area contributed by atoms with E-state index in [4.69, 9.17) is 0 Å². The third-order valence-electron chi connectivity index (χ3n) is 6.27. The lowest BCUT2D eigenvalue weighted by atomic mass is 9.83. The molecule has 0 aliphatic heterocycles. The first kappa shape index (κ1) is 16.3. The Morgan fingerprint density at radius 3 is 2.48 bits per heavy atom. The molecule has 2 amide bonds. The first-order valence-corrected chi connectivity index (χ1v) is 9.40. The number of hydrogen-bond donors (Lipinski definition) is 0. The monoisotopic (exact) mass is 335 g/mol. The van der Waals surface area contributed by atoms with Crippen molar-refractivity contribution in [2.75, 3.05) is 0 Å². The van der Waals surface area contributed by atoms with Gasteiger partial charge in [-0.05, 0) is 37.2 Å². The maximum Gasteiger partial charge on any atom is 0.233 e. The maximum absolute atomic E-state index is 13.2. The Hall–Kier alpha value is -2.16. The zero-order valence-corrected chi connectivity index (χ0v) is 14.7. The molecule has 0 unspecified atom stereocenters. The van der Waals surface area contributed by atoms with Crippen LogP contribution >= 0.6 is 0 Å². The average molecular weight is 335 g/mol. The summed E-state index contributed by atoms with van der Waals surface area (Å²) < 4.78 is 0. The molecule has 3 aliphatic rings. The number of hydrogen-bond acceptors (Lipinski definition) is 2. The molecule has 0 aromatic heterocycles. The zero-order valence-electron chi connectivity index (χ0n) is 14.7. The summed E-state index contributed by atoms with van der Waals surface area (Å²) in [5.41, 5.74) is 4.08. The molecule has 0 spiro atoms. The van der Waals surface area contributed by atoms with E-state index < -0.39 is 0 Å². The van der Waals surface area contributed by atoms with Gasteiger partial charge in [0.2, 0.25) is 12.3 Å². The Bertz CT molecular complexity index is 726. The third kappa shape index (κ3) is 2.76. The highest BCUT2D eigenvalue weighted by atomic mass is 16.2. The molecule has 2 bridgehead atoms. The van der Waals surface area contributed by atoms with Crippen molar-refractivity contribution in [3.8, 4) is 0 Å². The van der Waals surface area contributed by atoms with Crippen molar-refractivity contribution in [2.24, 2.45) is 23.7 Å². The molecule has 0 saturated heterocycles. The first-order valence-electron chi connectivity index (χ1n) is 9.40. The molecule has 2 fully saturated rings. The van der Waals surface area contributed by atoms with E-state index in [9.17, 15) is 9.59 Å². The van der Waals surface area contributed by atoms with E-state index in [-0.39, 0.29) is 23.7 Å². The summed E-state index contributed by atoms with van der Waals surface area (Å²) in [6, 6.07) is 9.74. The second-order valence-electron chi connectivity index (χ2n) is 7.64. The molecule has 0 heterocycles. The molecule has 25 heavy (non-hydrogen) atoms. The predicted molar refractivity (Wildman–Crippen MR) is 97.3 cm³/mol. The van der Waals surface area contributed by atoms with Crippen LogP contribution in [0.2, 0.25) is 0 Å². The van der Waals surface area contributed by atoms with E-state index in [1.165, 1.54) is 36.2 Å². The zero-order chi connectivity index (χ0) is 17.4. The molecular weight excluding hydrogens is 310 g/mol. The number of allylic oxidation sites excluding steroid dienone is 4. The summed E-state index contributed by atoms with van der Waals surface area (Å²) in [4.78, 5) is 26.2. The second kappa shape index (κ2) is 6.62. The van der Waals surface area contributed by atoms with Gasteiger partial charge in [0.15, 0.2) is 0 Å². The molecule has 130 valence electrons. The van der Waals surface area contributed by atoms with Gasteiger partial charge in [-0.3, -0.25) is 14.5 Å². The minimum absolute atomic E-state index is 0.0145. The van der Waals surface area contributed by atoms with Crippen LogP contribution in [-0.2, 0) is 16.1 Å². The Morgan fingerprint density at radius 2 is 1.80 bits per heavy atom. The highest BCUT2D eigenvalue weighted by molar-refractivity contribution is 5.89. The number of benzene rings is 1. The van der Waals surface area contributed by atoms with Crippen LogP contribution < -0.4 is 0 Å². The van der Waals surface area contributed by atoms with E-state index in [1.807, 2.05) is 30.3 Å². The summed E-state index contributed by atoms with van der Waals surface area (Å²) in [6.07, 6.45) is 10.2. The summed E-state index contributed by atoms with van der Waals surface area (Å²) in [5, 5.41) is 0. The van der Waals surface area contributed by atoms with Gasteiger partial charge in [-0.25, -0.2) is 0 Å². The number of nitrogens with zero attached hydrogens (tertiary/aromatic N) is 1. The van der Waals surface area contributed by atoms with Gasteiger partial charge < -0.3 is 0 Å². The van der Waals surface area contributed by atoms with E-state index in [0.717, 1.165) is 5.56 Å². The molecule has 4 atom stereocenters. The molecule has 3 aliphatic carbocycles. The topological polar surface area (TPSA) is 37.4 Å². The molecule has 3 heteroatoms. The lowest BCUT2D eigenvalue weighted by Crippen LogP contribution is -2.39. The van der Waals surface area contributed by atoms with Crippen LogP contribution in [0.1, 0.15) is 38.2 Å². The van der Waals surface area contributed by atoms with E-state index >= 15 is 0 Å². The van der Waals surface area contributed by atoms with Crippen molar-refractivity contribution in [3.05, 3.63) is 59.2 Å². The number of carbonyl (C=O) groups is 2. The largest absolute Gasteiger partial charge is 0.280 e. The summed E-state index contributed by atoms with van der Waals surface area (Å²) in [5.74, 6) is 0.784. The summed E-state index contributed by atoms with van der Waals surface area (Å²) in [7, 11) is 0. The lowest BCUT2D eigenvalue weighted by Gasteiger charge is -2.27. The van der Waals surface area contributed by atoms with Crippen LogP contribution in [0.4, 0.5) is 0 Å². The fourth-order valence-electron chi connectivity index (χ4n) is 5.07. The van der Waals surface area contributed by atoms with Gasteiger partial charge in [-0.2, -0.15) is 0 Å². The maximum atomic E-state index is 13.2. The molecule has 1 aromatic rings. The molecule has 3 nitrogen and oxygen atoms in total. The molecule has 0 radical (unpaired) electrons. The van der Waals surface area contributed by atoms with Gasteiger partial charge >= 0.3 is 0 Å². The Labute approximate surface area is 149 Å². The number of carbonyl (C=O) groups excluding carboxylic acids is 2. The minimum Gasteiger partial charge on any atom is -0.280 e. The van der Waals surface area contributed by atoms with E-state index in [0.29, 0.717) is 18.9 Å². The highest BCUT2D eigenvalue weighted by Gasteiger charge is 2.51. The van der Waals surface area contributed by atoms with Gasteiger partial charge in [0.25, 0.3) is 0 Å². The number of fused-ring (bicyclic) bond motifs is 2. The molecular formula is C22H25NO2. The predicted octanol–water partition coefficient (Wildman–Crippen LogP) is 4.11. The molecule has 0 N–H and O–H groups in total. The van der Waals surface area contributed by atoms with E-state index in [2.05, 4.69) is 19.1 Å². The number of amides is 2. The fourth-order valence-corrected chi connectivity index (χ4v) is 5.07. The standard InChI is InChI=1S/C22H25NO2/c1-15-18-11-12-19(21(18)17-9-5-6-10-17)20(15)22(25)23(14-24)13-16-7-3-2-4-8-16/h2-4,7-8,11-12,14-15,18-20H,5-6,9-10,13H2,1H3/t15-,18+,19-,20-/m1/s1. The quantitative estimate of drug-likeness (QED) is 0.613.